The fourth-order valence-electron chi connectivity index (χ4n) is 3.04. The van der Waals surface area contributed by atoms with E-state index in [0.29, 0.717) is 18.1 Å². The molecule has 0 aliphatic carbocycles. The summed E-state index contributed by atoms with van der Waals surface area (Å²) in [7, 11) is -3.26. The van der Waals surface area contributed by atoms with Gasteiger partial charge in [0.2, 0.25) is 5.91 Å². The number of nitrogens with zero attached hydrogens (tertiary/aromatic N) is 2. The van der Waals surface area contributed by atoms with Gasteiger partial charge >= 0.3 is 6.03 Å². The van der Waals surface area contributed by atoms with E-state index in [2.05, 4.69) is 10.3 Å². The lowest BCUT2D eigenvalue weighted by molar-refractivity contribution is -0.121. The van der Waals surface area contributed by atoms with Crippen LogP contribution in [0, 0.1) is 6.92 Å². The average molecular weight is 409 g/mol. The zero-order valence-corrected chi connectivity index (χ0v) is 16.6. The van der Waals surface area contributed by atoms with E-state index < -0.39 is 27.8 Å². The number of amides is 3. The monoisotopic (exact) mass is 408 g/mol. The predicted octanol–water partition coefficient (Wildman–Crippen LogP) is 2.00. The van der Waals surface area contributed by atoms with E-state index in [1.807, 2.05) is 6.92 Å². The van der Waals surface area contributed by atoms with Crippen LogP contribution in [-0.2, 0) is 14.6 Å². The van der Waals surface area contributed by atoms with E-state index in [4.69, 9.17) is 5.73 Å². The van der Waals surface area contributed by atoms with Gasteiger partial charge in [-0.2, -0.15) is 0 Å². The molecule has 0 bridgehead atoms. The van der Waals surface area contributed by atoms with E-state index in [-0.39, 0.29) is 4.90 Å². The van der Waals surface area contributed by atoms with Crippen LogP contribution in [0.4, 0.5) is 9.93 Å². The van der Waals surface area contributed by atoms with Gasteiger partial charge < -0.3 is 10.6 Å². The highest BCUT2D eigenvalue weighted by atomic mass is 32.2. The minimum atomic E-state index is -3.26. The van der Waals surface area contributed by atoms with Crippen LogP contribution in [0.2, 0.25) is 0 Å². The van der Waals surface area contributed by atoms with E-state index in [1.165, 1.54) is 16.2 Å². The number of thiazole rings is 1. The first-order valence-electron chi connectivity index (χ1n) is 8.31. The van der Waals surface area contributed by atoms with Crippen LogP contribution >= 0.6 is 11.3 Å². The molecule has 3 N–H and O–H groups in total. The van der Waals surface area contributed by atoms with Crippen LogP contribution in [0.25, 0.3) is 10.4 Å². The second-order valence-electron chi connectivity index (χ2n) is 6.41. The number of nitrogens with one attached hydrogen (secondary N) is 1. The number of rotatable bonds is 4. The number of hydrogen-bond donors (Lipinski definition) is 2. The number of primary amides is 1. The molecular formula is C17H20N4O4S2. The largest absolute Gasteiger partial charge is 0.368 e. The Labute approximate surface area is 161 Å². The predicted molar refractivity (Wildman–Crippen MR) is 103 cm³/mol. The minimum Gasteiger partial charge on any atom is -0.368 e. The first-order chi connectivity index (χ1) is 12.7. The van der Waals surface area contributed by atoms with Gasteiger partial charge in [-0.15, -0.1) is 0 Å². The molecule has 10 heteroatoms. The first kappa shape index (κ1) is 19.3. The van der Waals surface area contributed by atoms with E-state index in [9.17, 15) is 18.0 Å². The van der Waals surface area contributed by atoms with Crippen molar-refractivity contribution in [2.24, 2.45) is 5.73 Å². The second-order valence-corrected chi connectivity index (χ2v) is 9.43. The highest BCUT2D eigenvalue weighted by Gasteiger charge is 2.33. The molecule has 2 heterocycles. The number of sulfone groups is 1. The number of urea groups is 1. The summed E-state index contributed by atoms with van der Waals surface area (Å²) in [6.45, 7) is 2.29. The molecule has 1 aliphatic rings. The molecule has 1 atom stereocenters. The fourth-order valence-corrected chi connectivity index (χ4v) is 4.63. The number of aromatic nitrogens is 1. The van der Waals surface area contributed by atoms with Gasteiger partial charge in [0.25, 0.3) is 0 Å². The van der Waals surface area contributed by atoms with Crippen molar-refractivity contribution in [2.75, 3.05) is 18.1 Å². The number of carbonyl (C=O) groups excluding carboxylic acids is 2. The highest BCUT2D eigenvalue weighted by Crippen LogP contribution is 2.33. The Kier molecular flexibility index (Phi) is 5.20. The highest BCUT2D eigenvalue weighted by molar-refractivity contribution is 7.90. The van der Waals surface area contributed by atoms with Gasteiger partial charge in [-0.05, 0) is 37.5 Å². The molecule has 0 unspecified atom stereocenters. The lowest BCUT2D eigenvalue weighted by Gasteiger charge is -2.21. The molecular weight excluding hydrogens is 388 g/mol. The number of aryl methyl sites for hydroxylation is 1. The SMILES string of the molecule is Cc1nc(NC(=O)N2CCC[C@H]2C(N)=O)sc1-c1ccc(S(C)(=O)=O)cc1. The molecule has 0 saturated carbocycles. The zero-order chi connectivity index (χ0) is 19.8. The quantitative estimate of drug-likeness (QED) is 0.801. The molecule has 1 fully saturated rings. The Bertz CT molecular complexity index is 983. The van der Waals surface area contributed by atoms with Crippen molar-refractivity contribution in [1.29, 1.82) is 0 Å². The maximum absolute atomic E-state index is 12.4. The molecule has 2 aromatic rings. The Morgan fingerprint density at radius 3 is 2.56 bits per heavy atom. The number of nitrogens with two attached hydrogens (primary N) is 1. The number of anilines is 1. The van der Waals surface area contributed by atoms with Gasteiger partial charge in [0.05, 0.1) is 15.5 Å². The van der Waals surface area contributed by atoms with Gasteiger partial charge in [0.15, 0.2) is 15.0 Å². The Morgan fingerprint density at radius 1 is 1.30 bits per heavy atom. The van der Waals surface area contributed by atoms with Crippen LogP contribution in [0.5, 0.6) is 0 Å². The van der Waals surface area contributed by atoms with Crippen molar-refractivity contribution in [3.63, 3.8) is 0 Å². The normalized spacial score (nSPS) is 17.1. The summed E-state index contributed by atoms with van der Waals surface area (Å²) in [4.78, 5) is 30.8. The lowest BCUT2D eigenvalue weighted by atomic mass is 10.2. The van der Waals surface area contributed by atoms with Crippen molar-refractivity contribution >= 4 is 38.2 Å². The topological polar surface area (TPSA) is 122 Å². The Balaban J connectivity index is 1.78. The fraction of sp³-hybridized carbons (Fsp3) is 0.353. The first-order valence-corrected chi connectivity index (χ1v) is 11.0. The minimum absolute atomic E-state index is 0.244. The smallest absolute Gasteiger partial charge is 0.324 e. The molecule has 0 spiro atoms. The third kappa shape index (κ3) is 4.11. The summed E-state index contributed by atoms with van der Waals surface area (Å²) in [5.74, 6) is -0.510. The maximum Gasteiger partial charge on any atom is 0.324 e. The number of benzene rings is 1. The molecule has 27 heavy (non-hydrogen) atoms. The molecule has 1 saturated heterocycles. The van der Waals surface area contributed by atoms with E-state index in [1.54, 1.807) is 24.3 Å². The van der Waals surface area contributed by atoms with E-state index in [0.717, 1.165) is 28.8 Å². The molecule has 144 valence electrons. The van der Waals surface area contributed by atoms with Crippen LogP contribution in [-0.4, -0.2) is 49.1 Å². The van der Waals surface area contributed by atoms with Gasteiger partial charge in [-0.3, -0.25) is 10.1 Å². The molecule has 1 aliphatic heterocycles. The van der Waals surface area contributed by atoms with Gasteiger partial charge in [-0.1, -0.05) is 23.5 Å². The van der Waals surface area contributed by atoms with Gasteiger partial charge in [0.1, 0.15) is 6.04 Å². The summed E-state index contributed by atoms with van der Waals surface area (Å²) in [6.07, 6.45) is 2.46. The third-order valence-corrected chi connectivity index (χ3v) is 6.65. The van der Waals surface area contributed by atoms with Gasteiger partial charge in [-0.25, -0.2) is 18.2 Å². The average Bonchev–Trinajstić information content (AvgIpc) is 3.21. The van der Waals surface area contributed by atoms with Crippen LogP contribution in [0.1, 0.15) is 18.5 Å². The number of likely N-dealkylation sites (tertiary alicyclic amines) is 1. The molecule has 1 aromatic heterocycles. The van der Waals surface area contributed by atoms with Crippen molar-refractivity contribution in [3.8, 4) is 10.4 Å². The molecule has 0 radical (unpaired) electrons. The summed E-state index contributed by atoms with van der Waals surface area (Å²) in [6, 6.07) is 5.53. The standard InChI is InChI=1S/C17H20N4O4S2/c1-10-14(11-5-7-12(8-6-11)27(2,24)25)26-16(19-10)20-17(23)21-9-3-4-13(21)15(18)22/h5-8,13H,3-4,9H2,1-2H3,(H2,18,22)(H,19,20,23)/t13-/m0/s1. The maximum atomic E-state index is 12.4. The van der Waals surface area contributed by atoms with E-state index >= 15 is 0 Å². The van der Waals surface area contributed by atoms with Crippen molar-refractivity contribution < 1.29 is 18.0 Å². The lowest BCUT2D eigenvalue weighted by Crippen LogP contribution is -2.45. The van der Waals surface area contributed by atoms with Crippen molar-refractivity contribution in [3.05, 3.63) is 30.0 Å². The van der Waals surface area contributed by atoms with Crippen LogP contribution < -0.4 is 11.1 Å². The number of hydrogen-bond acceptors (Lipinski definition) is 6. The van der Waals surface area contributed by atoms with Gasteiger partial charge in [0, 0.05) is 12.8 Å². The molecule has 1 aromatic carbocycles. The number of carbonyl (C=O) groups is 2. The second kappa shape index (κ2) is 7.28. The summed E-state index contributed by atoms with van der Waals surface area (Å²) in [5, 5.41) is 3.14. The van der Waals surface area contributed by atoms with Crippen molar-refractivity contribution in [2.45, 2.75) is 30.7 Å². The molecule has 3 rings (SSSR count). The molecule has 8 nitrogen and oxygen atoms in total. The third-order valence-electron chi connectivity index (χ3n) is 4.40. The van der Waals surface area contributed by atoms with Crippen LogP contribution in [0.15, 0.2) is 29.2 Å². The Hall–Kier alpha value is -2.46. The molecule has 3 amide bonds. The summed E-state index contributed by atoms with van der Waals surface area (Å²) >= 11 is 1.29. The zero-order valence-electron chi connectivity index (χ0n) is 14.9. The Morgan fingerprint density at radius 2 is 1.96 bits per heavy atom. The van der Waals surface area contributed by atoms with Crippen molar-refractivity contribution in [1.82, 2.24) is 9.88 Å². The van der Waals surface area contributed by atoms with Crippen LogP contribution in [0.3, 0.4) is 0 Å². The summed E-state index contributed by atoms with van der Waals surface area (Å²) in [5.41, 5.74) is 6.88. The summed E-state index contributed by atoms with van der Waals surface area (Å²) < 4.78 is 23.2.